The van der Waals surface area contributed by atoms with Gasteiger partial charge in [-0.3, -0.25) is 4.79 Å². The molecular weight excluding hydrogens is 98.0 g/mol. The second kappa shape index (κ2) is 3.84. The summed E-state index contributed by atoms with van der Waals surface area (Å²) in [5.41, 5.74) is 0. The molecule has 0 spiro atoms. The summed E-state index contributed by atoms with van der Waals surface area (Å²) in [5.74, 6) is -2.30. The van der Waals surface area contributed by atoms with E-state index in [1.807, 2.05) is 0 Å². The van der Waals surface area contributed by atoms with Gasteiger partial charge in [-0.15, -0.1) is 0 Å². The van der Waals surface area contributed by atoms with Crippen LogP contribution in [0.15, 0.2) is 0 Å². The minimum atomic E-state index is -2.44. The van der Waals surface area contributed by atoms with E-state index in [2.05, 4.69) is 0 Å². The van der Waals surface area contributed by atoms with Crippen molar-refractivity contribution in [1.82, 2.24) is 0 Å². The summed E-state index contributed by atoms with van der Waals surface area (Å²) in [6.45, 7) is 0. The fourth-order valence-corrected chi connectivity index (χ4v) is 0. The van der Waals surface area contributed by atoms with Crippen LogP contribution in [0.1, 0.15) is 0 Å². The topological polar surface area (TPSA) is 57.2 Å². The first-order chi connectivity index (χ1) is 2.64. The first-order valence-corrected chi connectivity index (χ1v) is 1.05. The van der Waals surface area contributed by atoms with Crippen LogP contribution in [0.4, 0.5) is 4.39 Å². The van der Waals surface area contributed by atoms with Gasteiger partial charge >= 0.3 is 24.9 Å². The van der Waals surface area contributed by atoms with Gasteiger partial charge in [0.15, 0.2) is 0 Å². The third-order valence-electron chi connectivity index (χ3n) is 0.160. The van der Waals surface area contributed by atoms with Gasteiger partial charge < -0.3 is 9.90 Å². The van der Waals surface area contributed by atoms with Crippen LogP contribution < -0.4 is 24.0 Å². The summed E-state index contributed by atoms with van der Waals surface area (Å²) in [6.07, 6.45) is 0. The zero-order valence-corrected chi connectivity index (χ0v) is 3.60. The van der Waals surface area contributed by atoms with Gasteiger partial charge in [0.25, 0.3) is 0 Å². The average molecular weight is 98.0 g/mol. The van der Waals surface area contributed by atoms with Crippen LogP contribution >= 0.6 is 0 Å². The van der Waals surface area contributed by atoms with E-state index in [9.17, 15) is 4.39 Å². The van der Waals surface area contributed by atoms with Crippen molar-refractivity contribution < 1.29 is 37.9 Å². The van der Waals surface area contributed by atoms with Crippen LogP contribution in [0.2, 0.25) is 0 Å². The summed E-state index contributed by atoms with van der Waals surface area (Å²) >= 11 is 0. The molecule has 0 bridgehead atoms. The minimum absolute atomic E-state index is 0. The number of carbonyl (C=O) groups is 2. The number of hydrogen-bond acceptors (Lipinski definition) is 3. The Morgan fingerprint density at radius 3 is 1.57 bits per heavy atom. The van der Waals surface area contributed by atoms with Gasteiger partial charge in [-0.2, -0.15) is 4.39 Å². The van der Waals surface area contributed by atoms with Crippen molar-refractivity contribution in [3.8, 4) is 0 Å². The van der Waals surface area contributed by atoms with E-state index >= 15 is 0 Å². The quantitative estimate of drug-likeness (QED) is 0.188. The molecule has 0 atom stereocenters. The van der Waals surface area contributed by atoms with Crippen molar-refractivity contribution in [2.24, 2.45) is 0 Å². The number of carboxylic acids is 1. The van der Waals surface area contributed by atoms with Crippen molar-refractivity contribution >= 4 is 12.0 Å². The van der Waals surface area contributed by atoms with Crippen LogP contribution in [-0.4, -0.2) is 12.0 Å². The Hall–Kier alpha value is -0.333. The van der Waals surface area contributed by atoms with Crippen LogP contribution in [0.5, 0.6) is 0 Å². The molecule has 0 heterocycles. The van der Waals surface area contributed by atoms with Crippen molar-refractivity contribution in [2.75, 3.05) is 0 Å². The average Bonchev–Trinajstić information content (AvgIpc) is 1.36. The third-order valence-corrected chi connectivity index (χ3v) is 0.160. The van der Waals surface area contributed by atoms with Gasteiger partial charge in [-0.1, -0.05) is 0 Å². The zero-order valence-electron chi connectivity index (χ0n) is 3.60. The summed E-state index contributed by atoms with van der Waals surface area (Å²) in [6, 6.07) is -2.44. The van der Waals surface area contributed by atoms with Crippen molar-refractivity contribution in [2.45, 2.75) is 0 Å². The molecule has 5 heteroatoms. The monoisotopic (exact) mass is 98.0 g/mol. The smallest absolute Gasteiger partial charge is 0.540 e. The van der Waals surface area contributed by atoms with Crippen LogP contribution in [0.25, 0.3) is 0 Å². The summed E-state index contributed by atoms with van der Waals surface area (Å²) in [5, 5.41) is 8.86. The standard InChI is InChI=1S/C2HFO3.Li/c3-1(4)2(5)6;/h(H,5,6);/q;+1/p-1. The molecule has 0 amide bonds. The fraction of sp³-hybridized carbons (Fsp3) is 0. The Kier molecular flexibility index (Phi) is 5.40. The predicted octanol–water partition coefficient (Wildman–Crippen LogP) is -4.76. The van der Waals surface area contributed by atoms with E-state index in [0.717, 1.165) is 0 Å². The van der Waals surface area contributed by atoms with Crippen molar-refractivity contribution in [3.63, 3.8) is 0 Å². The van der Waals surface area contributed by atoms with E-state index in [0.29, 0.717) is 0 Å². The molecule has 0 rings (SSSR count). The first kappa shape index (κ1) is 9.83. The number of carbonyl (C=O) groups excluding carboxylic acids is 2. The molecule has 34 valence electrons. The Morgan fingerprint density at radius 1 is 1.43 bits per heavy atom. The second-order valence-corrected chi connectivity index (χ2v) is 0.561. The molecule has 0 fully saturated rings. The molecule has 0 aromatic carbocycles. The Balaban J connectivity index is 0. The van der Waals surface area contributed by atoms with Gasteiger partial charge in [0.05, 0.1) is 0 Å². The number of halogens is 1. The van der Waals surface area contributed by atoms with Crippen molar-refractivity contribution in [3.05, 3.63) is 0 Å². The molecule has 0 aliphatic carbocycles. The number of hydrogen-bond donors (Lipinski definition) is 0. The largest absolute Gasteiger partial charge is 1.00 e. The van der Waals surface area contributed by atoms with Gasteiger partial charge in [0.2, 0.25) is 0 Å². The Labute approximate surface area is 50.7 Å². The molecule has 0 aliphatic heterocycles. The molecule has 0 radical (unpaired) electrons. The van der Waals surface area contributed by atoms with Crippen LogP contribution in [0.3, 0.4) is 0 Å². The molecular formula is C2FLiO3. The summed E-state index contributed by atoms with van der Waals surface area (Å²) in [4.78, 5) is 17.7. The Morgan fingerprint density at radius 2 is 1.57 bits per heavy atom. The van der Waals surface area contributed by atoms with E-state index in [-0.39, 0.29) is 18.9 Å². The maximum atomic E-state index is 10.5. The fourth-order valence-electron chi connectivity index (χ4n) is 0. The van der Waals surface area contributed by atoms with E-state index in [1.54, 1.807) is 0 Å². The molecule has 3 nitrogen and oxygen atoms in total. The van der Waals surface area contributed by atoms with Gasteiger partial charge in [-0.05, 0) is 0 Å². The molecule has 0 saturated carbocycles. The Bertz CT molecular complexity index is 78.9. The molecule has 0 unspecified atom stereocenters. The predicted molar refractivity (Wildman–Crippen MR) is 11.1 cm³/mol. The molecule has 0 aromatic heterocycles. The van der Waals surface area contributed by atoms with Gasteiger partial charge in [0, 0.05) is 0 Å². The second-order valence-electron chi connectivity index (χ2n) is 0.561. The molecule has 0 aliphatic rings. The number of carboxylic acid groups (broad SMARTS) is 1. The van der Waals surface area contributed by atoms with E-state index in [4.69, 9.17) is 14.7 Å². The number of aliphatic carboxylic acids is 1. The van der Waals surface area contributed by atoms with Crippen LogP contribution in [0, 0.1) is 0 Å². The van der Waals surface area contributed by atoms with E-state index in [1.165, 1.54) is 0 Å². The minimum Gasteiger partial charge on any atom is -0.540 e. The maximum absolute atomic E-state index is 10.5. The van der Waals surface area contributed by atoms with Gasteiger partial charge in [0.1, 0.15) is 5.97 Å². The summed E-state index contributed by atoms with van der Waals surface area (Å²) < 4.78 is 10.5. The zero-order chi connectivity index (χ0) is 5.15. The molecule has 0 N–H and O–H groups in total. The molecule has 0 aromatic rings. The summed E-state index contributed by atoms with van der Waals surface area (Å²) in [7, 11) is 0. The van der Waals surface area contributed by atoms with Crippen molar-refractivity contribution in [1.29, 1.82) is 0 Å². The van der Waals surface area contributed by atoms with Crippen LogP contribution in [-0.2, 0) is 9.59 Å². The SMILES string of the molecule is O=C([O-])C(=O)F.[Li+]. The normalized spacial score (nSPS) is 6.43. The van der Waals surface area contributed by atoms with E-state index < -0.39 is 12.0 Å². The maximum Gasteiger partial charge on any atom is 1.00 e. The first-order valence-electron chi connectivity index (χ1n) is 1.05. The molecule has 7 heavy (non-hydrogen) atoms. The third kappa shape index (κ3) is 5.67. The molecule has 0 saturated heterocycles. The van der Waals surface area contributed by atoms with Gasteiger partial charge in [-0.25, -0.2) is 0 Å². The number of rotatable bonds is 1.